The van der Waals surface area contributed by atoms with Crippen LogP contribution < -0.4 is 5.73 Å². The SMILES string of the molecule is CCc1nn(C)c(C(=O)N(C)C(C)CCSC)c1N. The highest BCUT2D eigenvalue weighted by Crippen LogP contribution is 2.20. The fourth-order valence-electron chi connectivity index (χ4n) is 1.96. The summed E-state index contributed by atoms with van der Waals surface area (Å²) in [6, 6.07) is 0.194. The molecule has 1 amide bonds. The molecule has 108 valence electrons. The van der Waals surface area contributed by atoms with Gasteiger partial charge in [0.15, 0.2) is 0 Å². The first-order valence-corrected chi connectivity index (χ1v) is 7.90. The normalized spacial score (nSPS) is 12.5. The van der Waals surface area contributed by atoms with Gasteiger partial charge in [0, 0.05) is 20.1 Å². The van der Waals surface area contributed by atoms with Crippen molar-refractivity contribution in [3.05, 3.63) is 11.4 Å². The van der Waals surface area contributed by atoms with Gasteiger partial charge in [-0.3, -0.25) is 9.48 Å². The molecule has 19 heavy (non-hydrogen) atoms. The molecule has 0 spiro atoms. The number of carbonyl (C=O) groups excluding carboxylic acids is 1. The maximum absolute atomic E-state index is 12.5. The Morgan fingerprint density at radius 3 is 2.68 bits per heavy atom. The van der Waals surface area contributed by atoms with Crippen LogP contribution in [0.4, 0.5) is 5.69 Å². The molecule has 2 N–H and O–H groups in total. The summed E-state index contributed by atoms with van der Waals surface area (Å²) in [5.41, 5.74) is 7.82. The summed E-state index contributed by atoms with van der Waals surface area (Å²) in [6.45, 7) is 4.04. The average molecular weight is 284 g/mol. The van der Waals surface area contributed by atoms with E-state index in [9.17, 15) is 4.79 Å². The third kappa shape index (κ3) is 3.43. The van der Waals surface area contributed by atoms with Crippen LogP contribution in [-0.2, 0) is 13.5 Å². The van der Waals surface area contributed by atoms with E-state index >= 15 is 0 Å². The zero-order chi connectivity index (χ0) is 14.6. The average Bonchev–Trinajstić information content (AvgIpc) is 2.68. The Balaban J connectivity index is 2.91. The van der Waals surface area contributed by atoms with Crippen molar-refractivity contribution in [2.24, 2.45) is 7.05 Å². The van der Waals surface area contributed by atoms with E-state index in [0.717, 1.165) is 24.3 Å². The minimum atomic E-state index is -0.0548. The van der Waals surface area contributed by atoms with E-state index in [4.69, 9.17) is 5.73 Å². The van der Waals surface area contributed by atoms with Crippen molar-refractivity contribution in [1.29, 1.82) is 0 Å². The van der Waals surface area contributed by atoms with Crippen LogP contribution in [0.15, 0.2) is 0 Å². The van der Waals surface area contributed by atoms with Gasteiger partial charge in [-0.1, -0.05) is 6.92 Å². The Labute approximate surface area is 119 Å². The van der Waals surface area contributed by atoms with Crippen LogP contribution in [0.25, 0.3) is 0 Å². The minimum absolute atomic E-state index is 0.0548. The Morgan fingerprint density at radius 2 is 2.21 bits per heavy atom. The first-order chi connectivity index (χ1) is 8.93. The van der Waals surface area contributed by atoms with E-state index in [1.54, 1.807) is 28.4 Å². The Kier molecular flexibility index (Phi) is 5.72. The van der Waals surface area contributed by atoms with Crippen LogP contribution in [0.2, 0.25) is 0 Å². The van der Waals surface area contributed by atoms with Crippen LogP contribution in [0.3, 0.4) is 0 Å². The predicted octanol–water partition coefficient (Wildman–Crippen LogP) is 1.78. The zero-order valence-electron chi connectivity index (χ0n) is 12.4. The highest BCUT2D eigenvalue weighted by Gasteiger charge is 2.24. The molecule has 0 saturated carbocycles. The smallest absolute Gasteiger partial charge is 0.274 e. The Bertz CT molecular complexity index is 444. The Hall–Kier alpha value is -1.17. The lowest BCUT2D eigenvalue weighted by Gasteiger charge is -2.25. The van der Waals surface area contributed by atoms with E-state index in [-0.39, 0.29) is 11.9 Å². The van der Waals surface area contributed by atoms with Gasteiger partial charge in [-0.15, -0.1) is 0 Å². The summed E-state index contributed by atoms with van der Waals surface area (Å²) in [6.07, 6.45) is 3.78. The summed E-state index contributed by atoms with van der Waals surface area (Å²) in [4.78, 5) is 14.3. The number of aryl methyl sites for hydroxylation is 2. The number of carbonyl (C=O) groups is 1. The second-order valence-corrected chi connectivity index (χ2v) is 5.72. The molecule has 1 aromatic rings. The number of nitrogens with zero attached hydrogens (tertiary/aromatic N) is 3. The molecule has 0 aromatic carbocycles. The molecular formula is C13H24N4OS. The highest BCUT2D eigenvalue weighted by atomic mass is 32.2. The van der Waals surface area contributed by atoms with Crippen LogP contribution in [-0.4, -0.2) is 45.7 Å². The van der Waals surface area contributed by atoms with Gasteiger partial charge in [-0.25, -0.2) is 0 Å². The second-order valence-electron chi connectivity index (χ2n) is 4.73. The van der Waals surface area contributed by atoms with Crippen molar-refractivity contribution in [3.63, 3.8) is 0 Å². The molecule has 1 heterocycles. The van der Waals surface area contributed by atoms with Gasteiger partial charge >= 0.3 is 0 Å². The first-order valence-electron chi connectivity index (χ1n) is 6.51. The molecule has 0 fully saturated rings. The van der Waals surface area contributed by atoms with Gasteiger partial charge in [0.2, 0.25) is 0 Å². The van der Waals surface area contributed by atoms with Crippen molar-refractivity contribution in [2.45, 2.75) is 32.7 Å². The topological polar surface area (TPSA) is 64.2 Å². The van der Waals surface area contributed by atoms with Crippen LogP contribution >= 0.6 is 11.8 Å². The lowest BCUT2D eigenvalue weighted by Crippen LogP contribution is -2.36. The van der Waals surface area contributed by atoms with Gasteiger partial charge in [-0.2, -0.15) is 16.9 Å². The van der Waals surface area contributed by atoms with Gasteiger partial charge in [-0.05, 0) is 31.8 Å². The summed E-state index contributed by atoms with van der Waals surface area (Å²) in [7, 11) is 3.59. The number of anilines is 1. The van der Waals surface area contributed by atoms with Crippen LogP contribution in [0.5, 0.6) is 0 Å². The summed E-state index contributed by atoms with van der Waals surface area (Å²) < 4.78 is 1.59. The summed E-state index contributed by atoms with van der Waals surface area (Å²) in [5.74, 6) is 0.987. The van der Waals surface area contributed by atoms with Crippen molar-refractivity contribution < 1.29 is 4.79 Å². The largest absolute Gasteiger partial charge is 0.395 e. The lowest BCUT2D eigenvalue weighted by atomic mass is 10.2. The van der Waals surface area contributed by atoms with Crippen molar-refractivity contribution in [3.8, 4) is 0 Å². The van der Waals surface area contributed by atoms with Crippen LogP contribution in [0.1, 0.15) is 36.5 Å². The van der Waals surface area contributed by atoms with E-state index in [1.807, 2.05) is 14.0 Å². The molecule has 1 rings (SSSR count). The third-order valence-electron chi connectivity index (χ3n) is 3.42. The number of nitrogen functional groups attached to an aromatic ring is 1. The van der Waals surface area contributed by atoms with Gasteiger partial charge < -0.3 is 10.6 Å². The van der Waals surface area contributed by atoms with Crippen molar-refractivity contribution >= 4 is 23.4 Å². The highest BCUT2D eigenvalue weighted by molar-refractivity contribution is 7.98. The monoisotopic (exact) mass is 284 g/mol. The molecule has 0 aliphatic rings. The fraction of sp³-hybridized carbons (Fsp3) is 0.692. The maximum Gasteiger partial charge on any atom is 0.274 e. The van der Waals surface area contributed by atoms with E-state index in [2.05, 4.69) is 18.3 Å². The second kappa shape index (κ2) is 6.84. The summed E-state index contributed by atoms with van der Waals surface area (Å²) >= 11 is 1.79. The van der Waals surface area contributed by atoms with E-state index < -0.39 is 0 Å². The van der Waals surface area contributed by atoms with E-state index in [1.165, 1.54) is 0 Å². The van der Waals surface area contributed by atoms with Gasteiger partial charge in [0.1, 0.15) is 5.69 Å². The quantitative estimate of drug-likeness (QED) is 0.865. The molecule has 1 unspecified atom stereocenters. The molecule has 0 saturated heterocycles. The molecule has 6 heteroatoms. The van der Waals surface area contributed by atoms with Crippen molar-refractivity contribution in [2.75, 3.05) is 24.8 Å². The van der Waals surface area contributed by atoms with Gasteiger partial charge in [0.25, 0.3) is 5.91 Å². The first kappa shape index (κ1) is 15.9. The third-order valence-corrected chi connectivity index (χ3v) is 4.06. The molecular weight excluding hydrogens is 260 g/mol. The molecule has 0 bridgehead atoms. The number of nitrogens with two attached hydrogens (primary N) is 1. The summed E-state index contributed by atoms with van der Waals surface area (Å²) in [5, 5.41) is 4.29. The molecule has 1 aromatic heterocycles. The molecule has 5 nitrogen and oxygen atoms in total. The van der Waals surface area contributed by atoms with Gasteiger partial charge in [0.05, 0.1) is 11.4 Å². The number of thioether (sulfide) groups is 1. The molecule has 1 atom stereocenters. The van der Waals surface area contributed by atoms with Crippen LogP contribution in [0, 0.1) is 0 Å². The lowest BCUT2D eigenvalue weighted by molar-refractivity contribution is 0.0731. The number of hydrogen-bond donors (Lipinski definition) is 1. The fourth-order valence-corrected chi connectivity index (χ4v) is 2.54. The zero-order valence-corrected chi connectivity index (χ0v) is 13.3. The number of amides is 1. The molecule has 0 aliphatic carbocycles. The molecule has 0 aliphatic heterocycles. The molecule has 0 radical (unpaired) electrons. The van der Waals surface area contributed by atoms with E-state index in [0.29, 0.717) is 11.4 Å². The number of rotatable bonds is 6. The maximum atomic E-state index is 12.5. The number of aromatic nitrogens is 2. The Morgan fingerprint density at radius 1 is 1.58 bits per heavy atom. The minimum Gasteiger partial charge on any atom is -0.395 e. The standard InChI is InChI=1S/C13H24N4OS/c1-6-10-11(14)12(17(4)15-10)13(18)16(3)9(2)7-8-19-5/h9H,6-8,14H2,1-5H3. The number of hydrogen-bond acceptors (Lipinski definition) is 4. The van der Waals surface area contributed by atoms with Crippen molar-refractivity contribution in [1.82, 2.24) is 14.7 Å². The predicted molar refractivity (Wildman–Crippen MR) is 81.6 cm³/mol.